The first-order chi connectivity index (χ1) is 18.6. The van der Waals surface area contributed by atoms with E-state index in [4.69, 9.17) is 11.6 Å². The zero-order valence-electron chi connectivity index (χ0n) is 23.2. The molecule has 3 saturated heterocycles. The monoisotopic (exact) mass is 552 g/mol. The van der Waals surface area contributed by atoms with Crippen LogP contribution < -0.4 is 4.90 Å². The number of aromatic nitrogens is 2. The lowest BCUT2D eigenvalue weighted by molar-refractivity contribution is -0.140. The number of hydrogen-bond acceptors (Lipinski definition) is 6. The van der Waals surface area contributed by atoms with Crippen LogP contribution in [0.15, 0.2) is 24.5 Å². The van der Waals surface area contributed by atoms with Gasteiger partial charge in [-0.05, 0) is 63.3 Å². The second-order valence-electron chi connectivity index (χ2n) is 11.3. The number of aryl methyl sites for hydroxylation is 3. The molecule has 39 heavy (non-hydrogen) atoms. The van der Waals surface area contributed by atoms with Gasteiger partial charge in [0.2, 0.25) is 11.8 Å². The Morgan fingerprint density at radius 2 is 1.59 bits per heavy atom. The fraction of sp³-hybridized carbons (Fsp3) is 0.552. The maximum Gasteiger partial charge on any atom is 0.257 e. The minimum atomic E-state index is -0.175. The quantitative estimate of drug-likeness (QED) is 0.524. The second kappa shape index (κ2) is 11.2. The molecule has 1 aromatic heterocycles. The minimum absolute atomic E-state index is 0.00574. The van der Waals surface area contributed by atoms with E-state index in [1.807, 2.05) is 48.8 Å². The van der Waals surface area contributed by atoms with Crippen molar-refractivity contribution >= 4 is 35.0 Å². The van der Waals surface area contributed by atoms with Crippen LogP contribution in [-0.2, 0) is 9.59 Å². The van der Waals surface area contributed by atoms with Crippen molar-refractivity contribution in [3.05, 3.63) is 52.1 Å². The summed E-state index contributed by atoms with van der Waals surface area (Å²) in [5, 5.41) is 0.642. The average molecular weight is 553 g/mol. The van der Waals surface area contributed by atoms with Crippen molar-refractivity contribution in [1.29, 1.82) is 0 Å². The lowest BCUT2D eigenvalue weighted by Crippen LogP contribution is -2.56. The topological polar surface area (TPSA) is 90.0 Å². The van der Waals surface area contributed by atoms with E-state index in [9.17, 15) is 14.4 Å². The largest absolute Gasteiger partial charge is 0.341 e. The number of rotatable bonds is 7. The molecule has 2 aromatic rings. The molecule has 3 aliphatic rings. The average Bonchev–Trinajstić information content (AvgIpc) is 3.41. The van der Waals surface area contributed by atoms with Crippen molar-refractivity contribution in [2.75, 3.05) is 57.3 Å². The highest BCUT2D eigenvalue weighted by Crippen LogP contribution is 2.33. The van der Waals surface area contributed by atoms with Gasteiger partial charge in [0, 0.05) is 63.4 Å². The fourth-order valence-electron chi connectivity index (χ4n) is 6.18. The third kappa shape index (κ3) is 5.65. The summed E-state index contributed by atoms with van der Waals surface area (Å²) in [6.45, 7) is 13.1. The molecule has 10 heteroatoms. The van der Waals surface area contributed by atoms with Crippen LogP contribution >= 0.6 is 11.6 Å². The summed E-state index contributed by atoms with van der Waals surface area (Å²) < 4.78 is 0. The highest BCUT2D eigenvalue weighted by molar-refractivity contribution is 6.31. The number of benzene rings is 1. The Morgan fingerprint density at radius 1 is 0.949 bits per heavy atom. The van der Waals surface area contributed by atoms with Gasteiger partial charge in [-0.2, -0.15) is 0 Å². The summed E-state index contributed by atoms with van der Waals surface area (Å²) in [6, 6.07) is 5.76. The molecule has 208 valence electrons. The van der Waals surface area contributed by atoms with Crippen molar-refractivity contribution in [2.45, 2.75) is 34.1 Å². The maximum absolute atomic E-state index is 13.4. The smallest absolute Gasteiger partial charge is 0.257 e. The number of likely N-dealkylation sites (tertiary alicyclic amines) is 3. The number of carbonyl (C=O) groups is 3. The molecular weight excluding hydrogens is 516 g/mol. The molecule has 3 fully saturated rings. The molecule has 3 aliphatic heterocycles. The summed E-state index contributed by atoms with van der Waals surface area (Å²) >= 11 is 6.40. The molecule has 0 aliphatic carbocycles. The van der Waals surface area contributed by atoms with Gasteiger partial charge in [-0.3, -0.25) is 14.4 Å². The number of nitrogens with zero attached hydrogens (tertiary/aromatic N) is 6. The van der Waals surface area contributed by atoms with E-state index >= 15 is 0 Å². The molecule has 5 rings (SSSR count). The molecule has 3 amide bonds. The normalized spacial score (nSPS) is 21.2. The van der Waals surface area contributed by atoms with Crippen LogP contribution in [0.2, 0.25) is 5.02 Å². The Balaban J connectivity index is 1.16. The van der Waals surface area contributed by atoms with Crippen molar-refractivity contribution in [1.82, 2.24) is 24.7 Å². The summed E-state index contributed by atoms with van der Waals surface area (Å²) in [5.74, 6) is 0.838. The lowest BCUT2D eigenvalue weighted by atomic mass is 9.97. The van der Waals surface area contributed by atoms with Crippen LogP contribution in [0, 0.1) is 38.5 Å². The number of amides is 3. The van der Waals surface area contributed by atoms with Crippen LogP contribution in [0.3, 0.4) is 0 Å². The first-order valence-corrected chi connectivity index (χ1v) is 14.1. The minimum Gasteiger partial charge on any atom is -0.341 e. The molecule has 2 unspecified atom stereocenters. The Bertz CT molecular complexity index is 1250. The van der Waals surface area contributed by atoms with E-state index in [1.54, 1.807) is 4.90 Å². The number of fused-ring (bicyclic) bond motifs is 1. The fourth-order valence-corrected chi connectivity index (χ4v) is 6.35. The summed E-state index contributed by atoms with van der Waals surface area (Å²) in [6.07, 6.45) is 2.34. The number of hydrogen-bond donors (Lipinski definition) is 0. The van der Waals surface area contributed by atoms with Gasteiger partial charge in [0.1, 0.15) is 6.33 Å². The van der Waals surface area contributed by atoms with Gasteiger partial charge in [0.05, 0.1) is 22.9 Å². The van der Waals surface area contributed by atoms with Gasteiger partial charge in [-0.25, -0.2) is 9.97 Å². The third-order valence-electron chi connectivity index (χ3n) is 8.55. The Hall–Kier alpha value is -3.04. The molecule has 0 bridgehead atoms. The SMILES string of the molecule is CC(=O)N1CC(C(=O)N(CCCN2CC3CN(C(=O)c4c(C)ncnc4C)CC3C2)c2ccc(C)c(Cl)c2)C1. The van der Waals surface area contributed by atoms with Crippen molar-refractivity contribution < 1.29 is 14.4 Å². The van der Waals surface area contributed by atoms with Gasteiger partial charge in [0.15, 0.2) is 0 Å². The van der Waals surface area contributed by atoms with Gasteiger partial charge in [0.25, 0.3) is 5.91 Å². The van der Waals surface area contributed by atoms with Gasteiger partial charge < -0.3 is 19.6 Å². The lowest BCUT2D eigenvalue weighted by Gasteiger charge is -2.40. The number of carbonyl (C=O) groups excluding carboxylic acids is 3. The first-order valence-electron chi connectivity index (χ1n) is 13.7. The molecule has 0 N–H and O–H groups in total. The third-order valence-corrected chi connectivity index (χ3v) is 8.96. The highest BCUT2D eigenvalue weighted by Gasteiger charge is 2.42. The summed E-state index contributed by atoms with van der Waals surface area (Å²) in [4.78, 5) is 54.7. The Kier molecular flexibility index (Phi) is 7.91. The predicted molar refractivity (Wildman–Crippen MR) is 150 cm³/mol. The standard InChI is InChI=1S/C29H37ClN6O3/c1-18-6-7-25(10-26(18)30)36(28(38)24-15-34(16-24)21(4)37)9-5-8-33-11-22-13-35(14-23(22)12-33)29(39)27-19(2)31-17-32-20(27)3/h6-7,10,17,22-24H,5,8-9,11-16H2,1-4H3. The van der Waals surface area contributed by atoms with E-state index in [-0.39, 0.29) is 23.6 Å². The van der Waals surface area contributed by atoms with Crippen molar-refractivity contribution in [2.24, 2.45) is 17.8 Å². The van der Waals surface area contributed by atoms with Gasteiger partial charge >= 0.3 is 0 Å². The predicted octanol–water partition coefficient (Wildman–Crippen LogP) is 2.96. The van der Waals surface area contributed by atoms with Gasteiger partial charge in [-0.15, -0.1) is 0 Å². The zero-order valence-corrected chi connectivity index (χ0v) is 23.9. The molecule has 4 heterocycles. The van der Waals surface area contributed by atoms with Crippen molar-refractivity contribution in [3.63, 3.8) is 0 Å². The Morgan fingerprint density at radius 3 is 2.18 bits per heavy atom. The Labute approximate surface area is 235 Å². The molecule has 0 radical (unpaired) electrons. The molecule has 2 atom stereocenters. The van der Waals surface area contributed by atoms with Crippen LogP contribution in [0.1, 0.15) is 40.7 Å². The number of anilines is 1. The molecule has 0 spiro atoms. The molecule has 1 aromatic carbocycles. The van der Waals surface area contributed by atoms with Crippen LogP contribution in [-0.4, -0.2) is 94.7 Å². The van der Waals surface area contributed by atoms with E-state index < -0.39 is 0 Å². The van der Waals surface area contributed by atoms with Crippen LogP contribution in [0.4, 0.5) is 5.69 Å². The van der Waals surface area contributed by atoms with Crippen molar-refractivity contribution in [3.8, 4) is 0 Å². The van der Waals surface area contributed by atoms with Crippen LogP contribution in [0.5, 0.6) is 0 Å². The number of halogens is 1. The van der Waals surface area contributed by atoms with Crippen LogP contribution in [0.25, 0.3) is 0 Å². The molecule has 0 saturated carbocycles. The zero-order chi connectivity index (χ0) is 27.8. The van der Waals surface area contributed by atoms with E-state index in [0.29, 0.717) is 42.1 Å². The van der Waals surface area contributed by atoms with Gasteiger partial charge in [-0.1, -0.05) is 17.7 Å². The van der Waals surface area contributed by atoms with E-state index in [1.165, 1.54) is 13.3 Å². The highest BCUT2D eigenvalue weighted by atomic mass is 35.5. The van der Waals surface area contributed by atoms with E-state index in [2.05, 4.69) is 14.9 Å². The summed E-state index contributed by atoms with van der Waals surface area (Å²) in [7, 11) is 0. The molecular formula is C29H37ClN6O3. The maximum atomic E-state index is 13.4. The molecule has 9 nitrogen and oxygen atoms in total. The first kappa shape index (κ1) is 27.5. The second-order valence-corrected chi connectivity index (χ2v) is 11.7. The van der Waals surface area contributed by atoms with E-state index in [0.717, 1.165) is 61.8 Å². The summed E-state index contributed by atoms with van der Waals surface area (Å²) in [5.41, 5.74) is 3.88.